The number of carbonyl (C=O) groups excluding carboxylic acids is 1. The molecule has 0 bridgehead atoms. The molecule has 0 aromatic carbocycles. The van der Waals surface area contributed by atoms with Gasteiger partial charge in [0.2, 0.25) is 11.9 Å². The lowest BCUT2D eigenvalue weighted by molar-refractivity contribution is -0.116. The summed E-state index contributed by atoms with van der Waals surface area (Å²) in [6.07, 6.45) is 1.66. The molecule has 0 saturated carbocycles. The number of hydrogen-bond acceptors (Lipinski definition) is 5. The standard InChI is InChI=1S/C11H18BrN5O/c1-4-14-11-15-5-8(12)10(16-11)17(7(2)3)6-9(13)18/h5,7H,4,6H2,1-3H3,(H2,13,18)(H,14,15,16). The first-order chi connectivity index (χ1) is 8.45. The van der Waals surface area contributed by atoms with Crippen LogP contribution in [0.25, 0.3) is 0 Å². The smallest absolute Gasteiger partial charge is 0.237 e. The molecule has 0 radical (unpaired) electrons. The zero-order valence-corrected chi connectivity index (χ0v) is 12.4. The Bertz CT molecular complexity index is 424. The van der Waals surface area contributed by atoms with Gasteiger partial charge in [-0.3, -0.25) is 4.79 Å². The van der Waals surface area contributed by atoms with Crippen molar-refractivity contribution in [2.45, 2.75) is 26.8 Å². The summed E-state index contributed by atoms with van der Waals surface area (Å²) in [5.74, 6) is 0.805. The molecule has 1 rings (SSSR count). The molecule has 100 valence electrons. The maximum atomic E-state index is 11.1. The molecular weight excluding hydrogens is 298 g/mol. The van der Waals surface area contributed by atoms with Gasteiger partial charge in [0.25, 0.3) is 0 Å². The highest BCUT2D eigenvalue weighted by molar-refractivity contribution is 9.10. The van der Waals surface area contributed by atoms with Crippen molar-refractivity contribution in [1.82, 2.24) is 9.97 Å². The van der Waals surface area contributed by atoms with E-state index in [9.17, 15) is 4.79 Å². The lowest BCUT2D eigenvalue weighted by Crippen LogP contribution is -2.39. The highest BCUT2D eigenvalue weighted by Crippen LogP contribution is 2.25. The third-order valence-electron chi connectivity index (χ3n) is 2.28. The largest absolute Gasteiger partial charge is 0.368 e. The predicted octanol–water partition coefficient (Wildman–Crippen LogP) is 1.37. The van der Waals surface area contributed by atoms with Gasteiger partial charge in [0.05, 0.1) is 11.0 Å². The second-order valence-electron chi connectivity index (χ2n) is 4.08. The van der Waals surface area contributed by atoms with Crippen molar-refractivity contribution >= 4 is 33.6 Å². The number of hydrogen-bond donors (Lipinski definition) is 2. The second-order valence-corrected chi connectivity index (χ2v) is 4.94. The summed E-state index contributed by atoms with van der Waals surface area (Å²) in [6, 6.07) is 0.109. The van der Waals surface area contributed by atoms with Crippen molar-refractivity contribution in [1.29, 1.82) is 0 Å². The van der Waals surface area contributed by atoms with Crippen LogP contribution in [0, 0.1) is 0 Å². The van der Waals surface area contributed by atoms with Crippen LogP contribution in [0.3, 0.4) is 0 Å². The predicted molar refractivity (Wildman–Crippen MR) is 75.6 cm³/mol. The van der Waals surface area contributed by atoms with Crippen LogP contribution in [-0.4, -0.2) is 35.0 Å². The molecule has 6 nitrogen and oxygen atoms in total. The van der Waals surface area contributed by atoms with E-state index in [0.29, 0.717) is 11.8 Å². The zero-order chi connectivity index (χ0) is 13.7. The lowest BCUT2D eigenvalue weighted by Gasteiger charge is -2.27. The van der Waals surface area contributed by atoms with E-state index in [1.807, 2.05) is 25.7 Å². The molecule has 1 aromatic rings. The highest BCUT2D eigenvalue weighted by Gasteiger charge is 2.18. The van der Waals surface area contributed by atoms with Crippen LogP contribution < -0.4 is 16.0 Å². The molecule has 18 heavy (non-hydrogen) atoms. The Morgan fingerprint density at radius 2 is 2.28 bits per heavy atom. The Morgan fingerprint density at radius 1 is 1.61 bits per heavy atom. The highest BCUT2D eigenvalue weighted by atomic mass is 79.9. The van der Waals surface area contributed by atoms with E-state index in [4.69, 9.17) is 5.73 Å². The molecule has 0 atom stereocenters. The number of aromatic nitrogens is 2. The minimum absolute atomic E-state index is 0.109. The first-order valence-corrected chi connectivity index (χ1v) is 6.56. The van der Waals surface area contributed by atoms with Crippen LogP contribution in [0.2, 0.25) is 0 Å². The first kappa shape index (κ1) is 14.7. The van der Waals surface area contributed by atoms with Crippen molar-refractivity contribution in [3.63, 3.8) is 0 Å². The average Bonchev–Trinajstić information content (AvgIpc) is 2.28. The third kappa shape index (κ3) is 3.83. The van der Waals surface area contributed by atoms with Crippen LogP contribution in [0.1, 0.15) is 20.8 Å². The Kier molecular flexibility index (Phi) is 5.33. The van der Waals surface area contributed by atoms with Gasteiger partial charge < -0.3 is 16.0 Å². The van der Waals surface area contributed by atoms with Gasteiger partial charge in [0.1, 0.15) is 5.82 Å². The maximum Gasteiger partial charge on any atom is 0.237 e. The van der Waals surface area contributed by atoms with E-state index in [2.05, 4.69) is 31.2 Å². The van der Waals surface area contributed by atoms with E-state index >= 15 is 0 Å². The number of halogens is 1. The zero-order valence-electron chi connectivity index (χ0n) is 10.8. The lowest BCUT2D eigenvalue weighted by atomic mass is 10.3. The van der Waals surface area contributed by atoms with Crippen molar-refractivity contribution in [2.24, 2.45) is 5.73 Å². The summed E-state index contributed by atoms with van der Waals surface area (Å²) in [4.78, 5) is 21.5. The second kappa shape index (κ2) is 6.53. The molecule has 7 heteroatoms. The summed E-state index contributed by atoms with van der Waals surface area (Å²) in [7, 11) is 0. The van der Waals surface area contributed by atoms with Crippen LogP contribution in [0.15, 0.2) is 10.7 Å². The molecule has 0 aliphatic rings. The van der Waals surface area contributed by atoms with Gasteiger partial charge in [-0.25, -0.2) is 4.98 Å². The van der Waals surface area contributed by atoms with Crippen LogP contribution in [-0.2, 0) is 4.79 Å². The van der Waals surface area contributed by atoms with Gasteiger partial charge in [-0.1, -0.05) is 0 Å². The van der Waals surface area contributed by atoms with Gasteiger partial charge in [-0.05, 0) is 36.7 Å². The summed E-state index contributed by atoms with van der Waals surface area (Å²) in [5, 5.41) is 3.04. The SMILES string of the molecule is CCNc1ncc(Br)c(N(CC(N)=O)C(C)C)n1. The summed E-state index contributed by atoms with van der Waals surface area (Å²) < 4.78 is 0.735. The Morgan fingerprint density at radius 3 is 2.78 bits per heavy atom. The fourth-order valence-electron chi connectivity index (χ4n) is 1.47. The minimum atomic E-state index is -0.390. The Labute approximate surface area is 115 Å². The molecular formula is C11H18BrN5O. The van der Waals surface area contributed by atoms with Crippen molar-refractivity contribution in [2.75, 3.05) is 23.3 Å². The average molecular weight is 316 g/mol. The first-order valence-electron chi connectivity index (χ1n) is 5.77. The number of amides is 1. The number of carbonyl (C=O) groups is 1. The molecule has 3 N–H and O–H groups in total. The summed E-state index contributed by atoms with van der Waals surface area (Å²) >= 11 is 3.39. The van der Waals surface area contributed by atoms with Gasteiger partial charge in [-0.15, -0.1) is 0 Å². The molecule has 0 aliphatic heterocycles. The fourth-order valence-corrected chi connectivity index (χ4v) is 1.89. The van der Waals surface area contributed by atoms with E-state index in [0.717, 1.165) is 11.0 Å². The molecule has 0 spiro atoms. The van der Waals surface area contributed by atoms with E-state index in [-0.39, 0.29) is 18.5 Å². The number of nitrogens with two attached hydrogens (primary N) is 1. The maximum absolute atomic E-state index is 11.1. The normalized spacial score (nSPS) is 10.5. The van der Waals surface area contributed by atoms with Crippen molar-refractivity contribution in [3.05, 3.63) is 10.7 Å². The van der Waals surface area contributed by atoms with Gasteiger partial charge in [0.15, 0.2) is 0 Å². The molecule has 1 amide bonds. The quantitative estimate of drug-likeness (QED) is 0.828. The summed E-state index contributed by atoms with van der Waals surface area (Å²) in [6.45, 7) is 6.78. The van der Waals surface area contributed by atoms with Crippen LogP contribution >= 0.6 is 15.9 Å². The number of anilines is 2. The molecule has 0 saturated heterocycles. The molecule has 1 heterocycles. The van der Waals surface area contributed by atoms with Crippen molar-refractivity contribution < 1.29 is 4.79 Å². The van der Waals surface area contributed by atoms with Gasteiger partial charge in [-0.2, -0.15) is 4.98 Å². The van der Waals surface area contributed by atoms with E-state index in [1.54, 1.807) is 6.20 Å². The van der Waals surface area contributed by atoms with E-state index < -0.39 is 0 Å². The molecule has 0 unspecified atom stereocenters. The summed E-state index contributed by atoms with van der Waals surface area (Å²) in [5.41, 5.74) is 5.26. The number of primary amides is 1. The monoisotopic (exact) mass is 315 g/mol. The van der Waals surface area contributed by atoms with E-state index in [1.165, 1.54) is 0 Å². The number of rotatable bonds is 6. The van der Waals surface area contributed by atoms with Crippen LogP contribution in [0.4, 0.5) is 11.8 Å². The molecule has 0 fully saturated rings. The number of nitrogens with zero attached hydrogens (tertiary/aromatic N) is 3. The Hall–Kier alpha value is -1.37. The van der Waals surface area contributed by atoms with Gasteiger partial charge in [0, 0.05) is 18.8 Å². The number of nitrogens with one attached hydrogen (secondary N) is 1. The topological polar surface area (TPSA) is 84.1 Å². The third-order valence-corrected chi connectivity index (χ3v) is 2.84. The van der Waals surface area contributed by atoms with Crippen LogP contribution in [0.5, 0.6) is 0 Å². The molecule has 1 aromatic heterocycles. The Balaban J connectivity index is 3.09. The van der Waals surface area contributed by atoms with Crippen molar-refractivity contribution in [3.8, 4) is 0 Å². The minimum Gasteiger partial charge on any atom is -0.368 e. The fraction of sp³-hybridized carbons (Fsp3) is 0.545. The van der Waals surface area contributed by atoms with Gasteiger partial charge >= 0.3 is 0 Å². The molecule has 0 aliphatic carbocycles.